The molecule has 124 valence electrons. The van der Waals surface area contributed by atoms with E-state index in [0.29, 0.717) is 18.7 Å². The average Bonchev–Trinajstić information content (AvgIpc) is 2.83. The summed E-state index contributed by atoms with van der Waals surface area (Å²) in [5.41, 5.74) is -1.31. The van der Waals surface area contributed by atoms with E-state index in [4.69, 9.17) is 28.5 Å². The molecule has 0 aliphatic heterocycles. The van der Waals surface area contributed by atoms with E-state index < -0.39 is 11.7 Å². The molecule has 0 aliphatic carbocycles. The summed E-state index contributed by atoms with van der Waals surface area (Å²) >= 11 is 11.9. The fraction of sp³-hybridized carbons (Fsp3) is 0.214. The molecule has 1 heterocycles. The second kappa shape index (κ2) is 6.60. The van der Waals surface area contributed by atoms with Crippen LogP contribution in [0, 0.1) is 22.7 Å². The van der Waals surface area contributed by atoms with Gasteiger partial charge in [-0.05, 0) is 19.1 Å². The maximum Gasteiger partial charge on any atom is 0.416 e. The first-order valence-electron chi connectivity index (χ1n) is 6.48. The van der Waals surface area contributed by atoms with Gasteiger partial charge in [0.05, 0.1) is 15.6 Å². The first-order chi connectivity index (χ1) is 11.2. The van der Waals surface area contributed by atoms with Crippen molar-refractivity contribution < 1.29 is 13.2 Å². The summed E-state index contributed by atoms with van der Waals surface area (Å²) in [5.74, 6) is 0.125. The van der Waals surface area contributed by atoms with Gasteiger partial charge in [-0.15, -0.1) is 0 Å². The van der Waals surface area contributed by atoms with Crippen molar-refractivity contribution in [2.75, 3.05) is 11.9 Å². The molecule has 0 spiro atoms. The predicted octanol–water partition coefficient (Wildman–Crippen LogP) is 4.37. The molecule has 10 heteroatoms. The Kier molecular flexibility index (Phi) is 4.93. The third-order valence-corrected chi connectivity index (χ3v) is 3.58. The van der Waals surface area contributed by atoms with E-state index in [2.05, 4.69) is 10.4 Å². The molecule has 0 bridgehead atoms. The minimum absolute atomic E-state index is 0.0496. The number of nitriles is 2. The Labute approximate surface area is 144 Å². The zero-order valence-corrected chi connectivity index (χ0v) is 13.6. The Morgan fingerprint density at radius 2 is 1.79 bits per heavy atom. The molecule has 5 nitrogen and oxygen atoms in total. The van der Waals surface area contributed by atoms with Crippen LogP contribution in [0.2, 0.25) is 10.0 Å². The molecule has 0 unspecified atom stereocenters. The second-order valence-corrected chi connectivity index (χ2v) is 5.34. The number of rotatable bonds is 3. The van der Waals surface area contributed by atoms with Gasteiger partial charge in [-0.3, -0.25) is 0 Å². The van der Waals surface area contributed by atoms with Crippen LogP contribution < -0.4 is 5.32 Å². The molecular weight excluding hydrogens is 366 g/mol. The largest absolute Gasteiger partial charge is 0.416 e. The van der Waals surface area contributed by atoms with Gasteiger partial charge in [-0.2, -0.15) is 28.8 Å². The fourth-order valence-corrected chi connectivity index (χ4v) is 2.67. The van der Waals surface area contributed by atoms with Crippen LogP contribution in [0.25, 0.3) is 5.69 Å². The summed E-state index contributed by atoms with van der Waals surface area (Å²) in [7, 11) is 0. The third kappa shape index (κ3) is 3.12. The number of hydrogen-bond acceptors (Lipinski definition) is 4. The first-order valence-corrected chi connectivity index (χ1v) is 7.23. The monoisotopic (exact) mass is 373 g/mol. The SMILES string of the molecule is CCNc1c(C#N)c(C#N)nn1-c1c(Cl)cc(C(F)(F)F)cc1Cl. The van der Waals surface area contributed by atoms with Gasteiger partial charge >= 0.3 is 6.18 Å². The molecule has 0 saturated carbocycles. The Balaban J connectivity index is 2.76. The molecular formula is C14H8Cl2F3N5. The van der Waals surface area contributed by atoms with Crippen LogP contribution in [0.3, 0.4) is 0 Å². The molecule has 0 atom stereocenters. The van der Waals surface area contributed by atoms with Crippen molar-refractivity contribution in [3.8, 4) is 17.8 Å². The van der Waals surface area contributed by atoms with Crippen molar-refractivity contribution in [1.82, 2.24) is 9.78 Å². The van der Waals surface area contributed by atoms with Crippen LogP contribution in [0.1, 0.15) is 23.7 Å². The van der Waals surface area contributed by atoms with Crippen molar-refractivity contribution in [2.24, 2.45) is 0 Å². The smallest absolute Gasteiger partial charge is 0.369 e. The van der Waals surface area contributed by atoms with E-state index in [1.165, 1.54) is 0 Å². The number of hydrogen-bond donors (Lipinski definition) is 1. The Bertz CT molecular complexity index is 851. The van der Waals surface area contributed by atoms with Crippen molar-refractivity contribution >= 4 is 29.0 Å². The lowest BCUT2D eigenvalue weighted by atomic mass is 10.2. The molecule has 24 heavy (non-hydrogen) atoms. The molecule has 0 saturated heterocycles. The Hall–Kier alpha value is -2.42. The van der Waals surface area contributed by atoms with E-state index in [-0.39, 0.29) is 32.8 Å². The molecule has 2 aromatic rings. The predicted molar refractivity (Wildman–Crippen MR) is 82.2 cm³/mol. The molecule has 1 aromatic heterocycles. The summed E-state index contributed by atoms with van der Waals surface area (Å²) in [6.45, 7) is 2.11. The summed E-state index contributed by atoms with van der Waals surface area (Å²) in [5, 5.41) is 24.4. The highest BCUT2D eigenvalue weighted by Gasteiger charge is 2.33. The van der Waals surface area contributed by atoms with E-state index in [9.17, 15) is 18.4 Å². The van der Waals surface area contributed by atoms with Gasteiger partial charge in [0.25, 0.3) is 0 Å². The summed E-state index contributed by atoms with van der Waals surface area (Å²) in [6.07, 6.45) is -4.62. The van der Waals surface area contributed by atoms with E-state index in [1.54, 1.807) is 13.0 Å². The quantitative estimate of drug-likeness (QED) is 0.865. The maximum atomic E-state index is 12.8. The molecule has 1 N–H and O–H groups in total. The van der Waals surface area contributed by atoms with Gasteiger partial charge in [0.15, 0.2) is 5.69 Å². The Morgan fingerprint density at radius 1 is 1.21 bits per heavy atom. The van der Waals surface area contributed by atoms with Crippen LogP contribution in [0.5, 0.6) is 0 Å². The molecule has 0 radical (unpaired) electrons. The van der Waals surface area contributed by atoms with E-state index >= 15 is 0 Å². The van der Waals surface area contributed by atoms with Crippen molar-refractivity contribution in [3.63, 3.8) is 0 Å². The molecule has 2 rings (SSSR count). The number of benzene rings is 1. The number of nitrogens with one attached hydrogen (secondary N) is 1. The highest BCUT2D eigenvalue weighted by atomic mass is 35.5. The van der Waals surface area contributed by atoms with Gasteiger partial charge in [-0.1, -0.05) is 23.2 Å². The van der Waals surface area contributed by atoms with Crippen LogP contribution in [-0.4, -0.2) is 16.3 Å². The minimum Gasteiger partial charge on any atom is -0.369 e. The lowest BCUT2D eigenvalue weighted by Crippen LogP contribution is -2.10. The van der Waals surface area contributed by atoms with Crippen molar-refractivity contribution in [3.05, 3.63) is 39.0 Å². The fourth-order valence-electron chi connectivity index (χ4n) is 2.03. The molecule has 0 amide bonds. The standard InChI is InChI=1S/C14H8Cl2F3N5/c1-2-22-13-8(5-20)11(6-21)23-24(13)12-9(15)3-7(4-10(12)16)14(17,18)19/h3-4,22H,2H2,1H3. The van der Waals surface area contributed by atoms with Crippen LogP contribution in [0.15, 0.2) is 12.1 Å². The topological polar surface area (TPSA) is 77.4 Å². The zero-order chi connectivity index (χ0) is 18.1. The van der Waals surface area contributed by atoms with Crippen LogP contribution in [0.4, 0.5) is 19.0 Å². The van der Waals surface area contributed by atoms with Gasteiger partial charge < -0.3 is 5.32 Å². The zero-order valence-electron chi connectivity index (χ0n) is 12.0. The van der Waals surface area contributed by atoms with Crippen LogP contribution >= 0.6 is 23.2 Å². The molecule has 1 aromatic carbocycles. The number of anilines is 1. The summed E-state index contributed by atoms with van der Waals surface area (Å²) in [6, 6.07) is 4.99. The lowest BCUT2D eigenvalue weighted by molar-refractivity contribution is -0.137. The number of nitrogens with zero attached hydrogens (tertiary/aromatic N) is 4. The number of halogens is 5. The number of aromatic nitrogens is 2. The third-order valence-electron chi connectivity index (χ3n) is 3.00. The van der Waals surface area contributed by atoms with Gasteiger partial charge in [0.2, 0.25) is 0 Å². The van der Waals surface area contributed by atoms with Crippen LogP contribution in [-0.2, 0) is 6.18 Å². The Morgan fingerprint density at radius 3 is 2.21 bits per heavy atom. The molecule has 0 aliphatic rings. The van der Waals surface area contributed by atoms with E-state index in [0.717, 1.165) is 4.68 Å². The van der Waals surface area contributed by atoms with Gasteiger partial charge in [0.1, 0.15) is 29.2 Å². The minimum atomic E-state index is -4.62. The van der Waals surface area contributed by atoms with E-state index in [1.807, 2.05) is 6.07 Å². The highest BCUT2D eigenvalue weighted by Crippen LogP contribution is 2.39. The normalized spacial score (nSPS) is 11.0. The van der Waals surface area contributed by atoms with Gasteiger partial charge in [-0.25, -0.2) is 4.68 Å². The summed E-state index contributed by atoms with van der Waals surface area (Å²) < 4.78 is 39.5. The first kappa shape index (κ1) is 17.9. The van der Waals surface area contributed by atoms with Gasteiger partial charge in [0, 0.05) is 6.54 Å². The lowest BCUT2D eigenvalue weighted by Gasteiger charge is -2.14. The number of alkyl halides is 3. The average molecular weight is 374 g/mol. The molecule has 0 fully saturated rings. The van der Waals surface area contributed by atoms with Crippen molar-refractivity contribution in [1.29, 1.82) is 10.5 Å². The maximum absolute atomic E-state index is 12.8. The highest BCUT2D eigenvalue weighted by molar-refractivity contribution is 6.38. The summed E-state index contributed by atoms with van der Waals surface area (Å²) in [4.78, 5) is 0. The van der Waals surface area contributed by atoms with Crippen molar-refractivity contribution in [2.45, 2.75) is 13.1 Å². The second-order valence-electron chi connectivity index (χ2n) is 4.52.